The van der Waals surface area contributed by atoms with Gasteiger partial charge in [0.2, 0.25) is 0 Å². The summed E-state index contributed by atoms with van der Waals surface area (Å²) in [7, 11) is 1.31. The Morgan fingerprint density at radius 2 is 1.41 bits per heavy atom. The molecule has 1 aliphatic carbocycles. The van der Waals surface area contributed by atoms with E-state index in [1.165, 1.54) is 7.11 Å². The van der Waals surface area contributed by atoms with Gasteiger partial charge < -0.3 is 25.2 Å². The Morgan fingerprint density at radius 3 is 1.88 bits per heavy atom. The molecule has 3 unspecified atom stereocenters. The lowest BCUT2D eigenvalue weighted by atomic mass is 9.85. The first-order chi connectivity index (χ1) is 8.04. The lowest BCUT2D eigenvalue weighted by molar-refractivity contribution is -0.377. The van der Waals surface area contributed by atoms with Gasteiger partial charge >= 0.3 is 0 Å². The molecule has 0 aromatic carbocycles. The van der Waals surface area contributed by atoms with Crippen LogP contribution < -0.4 is 0 Å². The molecule has 0 bridgehead atoms. The van der Waals surface area contributed by atoms with Gasteiger partial charge in [0.15, 0.2) is 0 Å². The molecule has 0 aromatic heterocycles. The Balaban J connectivity index is 2.68. The maximum atomic E-state index is 9.72. The van der Waals surface area contributed by atoms with E-state index in [1.807, 2.05) is 6.92 Å². The highest BCUT2D eigenvalue weighted by Gasteiger charge is 2.50. The van der Waals surface area contributed by atoms with Crippen LogP contribution in [0.25, 0.3) is 0 Å². The van der Waals surface area contributed by atoms with E-state index in [4.69, 9.17) is 14.5 Å². The van der Waals surface area contributed by atoms with E-state index in [2.05, 4.69) is 0 Å². The summed E-state index contributed by atoms with van der Waals surface area (Å²) in [6.45, 7) is 2.19. The highest BCUT2D eigenvalue weighted by molar-refractivity contribution is 4.99. The molecular weight excluding hydrogens is 232 g/mol. The number of hydrogen-bond acceptors (Lipinski definition) is 7. The van der Waals surface area contributed by atoms with E-state index in [0.717, 1.165) is 0 Å². The Kier molecular flexibility index (Phi) is 5.74. The Hall–Kier alpha value is -0.280. The lowest BCUT2D eigenvalue weighted by Gasteiger charge is -2.42. The van der Waals surface area contributed by atoms with Gasteiger partial charge in [0.1, 0.15) is 36.6 Å². The summed E-state index contributed by atoms with van der Waals surface area (Å²) >= 11 is 0. The van der Waals surface area contributed by atoms with Crippen LogP contribution in [0.5, 0.6) is 0 Å². The van der Waals surface area contributed by atoms with Crippen molar-refractivity contribution in [3.8, 4) is 0 Å². The zero-order valence-corrected chi connectivity index (χ0v) is 9.89. The van der Waals surface area contributed by atoms with Crippen molar-refractivity contribution in [1.82, 2.24) is 0 Å². The quantitative estimate of drug-likeness (QED) is 0.259. The molecule has 6 atom stereocenters. The summed E-state index contributed by atoms with van der Waals surface area (Å²) in [5.74, 6) is 0. The molecule has 102 valence electrons. The van der Waals surface area contributed by atoms with Gasteiger partial charge in [-0.1, -0.05) is 6.92 Å². The standard InChI is InChI=1S/C10H20O7/c1-3-4-16-17-10-8(14)6(12)5(11)7(13)9(10)15-2/h5-14H,3-4H2,1-2H3/t5-,6+,7?,8+,9?,10?/m0/s1. The molecule has 0 spiro atoms. The molecule has 0 radical (unpaired) electrons. The average molecular weight is 252 g/mol. The molecule has 0 heterocycles. The van der Waals surface area contributed by atoms with Gasteiger partial charge in [-0.2, -0.15) is 0 Å². The van der Waals surface area contributed by atoms with Crippen LogP contribution in [-0.4, -0.2) is 70.8 Å². The highest BCUT2D eigenvalue weighted by atomic mass is 17.2. The molecule has 0 aromatic rings. The van der Waals surface area contributed by atoms with Crippen molar-refractivity contribution in [3.05, 3.63) is 0 Å². The normalized spacial score (nSPS) is 42.7. The maximum Gasteiger partial charge on any atom is 0.150 e. The first-order valence-electron chi connectivity index (χ1n) is 5.57. The van der Waals surface area contributed by atoms with Crippen LogP contribution in [0.1, 0.15) is 13.3 Å². The van der Waals surface area contributed by atoms with Crippen LogP contribution in [0.3, 0.4) is 0 Å². The Morgan fingerprint density at radius 1 is 0.882 bits per heavy atom. The second-order valence-electron chi connectivity index (χ2n) is 4.05. The van der Waals surface area contributed by atoms with E-state index in [0.29, 0.717) is 13.0 Å². The third-order valence-electron chi connectivity index (χ3n) is 2.79. The second-order valence-corrected chi connectivity index (χ2v) is 4.05. The molecule has 7 nitrogen and oxygen atoms in total. The summed E-state index contributed by atoms with van der Waals surface area (Å²) in [6.07, 6.45) is -7.05. The third-order valence-corrected chi connectivity index (χ3v) is 2.79. The predicted octanol–water partition coefficient (Wildman–Crippen LogP) is -1.81. The molecule has 17 heavy (non-hydrogen) atoms. The fraction of sp³-hybridized carbons (Fsp3) is 1.00. The third kappa shape index (κ3) is 3.14. The zero-order valence-electron chi connectivity index (χ0n) is 9.89. The summed E-state index contributed by atoms with van der Waals surface area (Å²) in [6, 6.07) is 0. The predicted molar refractivity (Wildman–Crippen MR) is 55.9 cm³/mol. The van der Waals surface area contributed by atoms with E-state index in [-0.39, 0.29) is 0 Å². The van der Waals surface area contributed by atoms with Gasteiger partial charge in [0.05, 0.1) is 6.61 Å². The summed E-state index contributed by atoms with van der Waals surface area (Å²) < 4.78 is 4.95. The van der Waals surface area contributed by atoms with Gasteiger partial charge in [0, 0.05) is 7.11 Å². The van der Waals surface area contributed by atoms with Crippen LogP contribution in [-0.2, 0) is 14.5 Å². The number of ether oxygens (including phenoxy) is 1. The SMILES string of the molecule is CCCOOC1C(OC)C(O)[C@@H](O)[C@@H](O)[C@H]1O. The van der Waals surface area contributed by atoms with Crippen molar-refractivity contribution >= 4 is 0 Å². The van der Waals surface area contributed by atoms with Crippen molar-refractivity contribution in [1.29, 1.82) is 0 Å². The summed E-state index contributed by atoms with van der Waals surface area (Å²) in [5, 5.41) is 38.4. The van der Waals surface area contributed by atoms with Gasteiger partial charge in [-0.3, -0.25) is 0 Å². The van der Waals surface area contributed by atoms with Crippen LogP contribution >= 0.6 is 0 Å². The second kappa shape index (κ2) is 6.60. The number of hydrogen-bond donors (Lipinski definition) is 4. The molecule has 1 fully saturated rings. The van der Waals surface area contributed by atoms with Gasteiger partial charge in [-0.15, -0.1) is 0 Å². The van der Waals surface area contributed by atoms with Gasteiger partial charge in [-0.05, 0) is 6.42 Å². The minimum absolute atomic E-state index is 0.314. The van der Waals surface area contributed by atoms with Crippen molar-refractivity contribution in [2.75, 3.05) is 13.7 Å². The molecule has 0 saturated heterocycles. The monoisotopic (exact) mass is 252 g/mol. The lowest BCUT2D eigenvalue weighted by Crippen LogP contribution is -2.64. The Labute approximate surface area is 99.5 Å². The molecule has 7 heteroatoms. The number of rotatable bonds is 5. The maximum absolute atomic E-state index is 9.72. The minimum atomic E-state index is -1.51. The summed E-state index contributed by atoms with van der Waals surface area (Å²) in [5.41, 5.74) is 0. The van der Waals surface area contributed by atoms with Crippen LogP contribution in [0.15, 0.2) is 0 Å². The molecule has 4 N–H and O–H groups in total. The van der Waals surface area contributed by atoms with E-state index < -0.39 is 36.6 Å². The van der Waals surface area contributed by atoms with Crippen molar-refractivity contribution in [2.45, 2.75) is 50.0 Å². The number of methoxy groups -OCH3 is 1. The molecule has 1 rings (SSSR count). The average Bonchev–Trinajstić information content (AvgIpc) is 2.33. The molecule has 0 amide bonds. The number of aliphatic hydroxyl groups excluding tert-OH is 4. The van der Waals surface area contributed by atoms with E-state index in [1.54, 1.807) is 0 Å². The minimum Gasteiger partial charge on any atom is -0.387 e. The highest BCUT2D eigenvalue weighted by Crippen LogP contribution is 2.25. The van der Waals surface area contributed by atoms with Crippen molar-refractivity contribution in [2.24, 2.45) is 0 Å². The summed E-state index contributed by atoms with van der Waals surface area (Å²) in [4.78, 5) is 9.73. The topological polar surface area (TPSA) is 109 Å². The zero-order chi connectivity index (χ0) is 13.0. The fourth-order valence-corrected chi connectivity index (χ4v) is 1.78. The molecule has 1 aliphatic rings. The smallest absolute Gasteiger partial charge is 0.150 e. The molecular formula is C10H20O7. The van der Waals surface area contributed by atoms with E-state index >= 15 is 0 Å². The van der Waals surface area contributed by atoms with Crippen molar-refractivity contribution < 1.29 is 34.9 Å². The van der Waals surface area contributed by atoms with Crippen LogP contribution in [0.2, 0.25) is 0 Å². The van der Waals surface area contributed by atoms with Crippen LogP contribution in [0, 0.1) is 0 Å². The van der Waals surface area contributed by atoms with Crippen LogP contribution in [0.4, 0.5) is 0 Å². The largest absolute Gasteiger partial charge is 0.387 e. The first-order valence-corrected chi connectivity index (χ1v) is 5.57. The van der Waals surface area contributed by atoms with Gasteiger partial charge in [0.25, 0.3) is 0 Å². The Bertz CT molecular complexity index is 225. The molecule has 1 saturated carbocycles. The van der Waals surface area contributed by atoms with E-state index in [9.17, 15) is 20.4 Å². The molecule has 0 aliphatic heterocycles. The first kappa shape index (κ1) is 14.8. The number of aliphatic hydroxyl groups is 4. The fourth-order valence-electron chi connectivity index (χ4n) is 1.78. The van der Waals surface area contributed by atoms with Crippen molar-refractivity contribution in [3.63, 3.8) is 0 Å². The van der Waals surface area contributed by atoms with Gasteiger partial charge in [-0.25, -0.2) is 9.78 Å².